The minimum atomic E-state index is -4.15. The van der Waals surface area contributed by atoms with Gasteiger partial charge in [0.25, 0.3) is 0 Å². The van der Waals surface area contributed by atoms with Crippen molar-refractivity contribution in [1.82, 2.24) is 14.1 Å². The van der Waals surface area contributed by atoms with E-state index < -0.39 is 76.8 Å². The van der Waals surface area contributed by atoms with Gasteiger partial charge in [0.05, 0.1) is 0 Å². The van der Waals surface area contributed by atoms with Crippen molar-refractivity contribution in [3.63, 3.8) is 0 Å². The molecule has 93 heavy (non-hydrogen) atoms. The Morgan fingerprint density at radius 3 is 1.76 bits per heavy atom. The van der Waals surface area contributed by atoms with Crippen molar-refractivity contribution in [3.8, 4) is 73.2 Å². The Bertz CT molecular complexity index is 5730. The quantitative estimate of drug-likeness (QED) is 0.0592. The molecule has 0 amide bonds. The number of hydrogen-bond donors (Lipinski definition) is 0. The minimum Gasteiger partial charge on any atom is -0.509 e. The van der Waals surface area contributed by atoms with Crippen LogP contribution in [-0.4, -0.2) is 22.2 Å². The Morgan fingerprint density at radius 1 is 0.484 bits per heavy atom. The largest absolute Gasteiger partial charge is 0.509 e. The van der Waals surface area contributed by atoms with Crippen LogP contribution < -0.4 is 24.9 Å². The smallest absolute Gasteiger partial charge is 0.185 e. The van der Waals surface area contributed by atoms with Gasteiger partial charge in [0, 0.05) is 91.3 Å². The second-order valence-corrected chi connectivity index (χ2v) is 28.9. The van der Waals surface area contributed by atoms with Crippen molar-refractivity contribution in [3.05, 3.63) is 308 Å². The van der Waals surface area contributed by atoms with E-state index in [1.807, 2.05) is 121 Å². The molecule has 0 bridgehead atoms. The fraction of sp³-hybridized carbons (Fsp3) is 0.151. The molecule has 3 aromatic heterocycles. The maximum absolute atomic E-state index is 9.60. The second-order valence-electron chi connectivity index (χ2n) is 25.0. The molecule has 0 N–H and O–H groups in total. The summed E-state index contributed by atoms with van der Waals surface area (Å²) in [5, 5.41) is 4.83. The van der Waals surface area contributed by atoms with E-state index in [9.17, 15) is 24.7 Å². The normalized spacial score (nSPS) is 16.0. The average Bonchev–Trinajstić information content (AvgIpc) is 1.61. The fourth-order valence-corrected chi connectivity index (χ4v) is 18.5. The van der Waals surface area contributed by atoms with Gasteiger partial charge in [-0.05, 0) is 130 Å². The van der Waals surface area contributed by atoms with Gasteiger partial charge >= 0.3 is 0 Å². The Hall–Kier alpha value is -9.58. The topological polar surface area (TPSA) is 35.9 Å². The number of hydrogen-bond acceptors (Lipinski definition) is 2. The van der Waals surface area contributed by atoms with Crippen molar-refractivity contribution in [1.29, 1.82) is 0 Å². The number of nitrogens with zero attached hydrogens (tertiary/aromatic N) is 4. The minimum absolute atomic E-state index is 0. The fourth-order valence-electron chi connectivity index (χ4n) is 13.8. The summed E-state index contributed by atoms with van der Waals surface area (Å²) in [7, 11) is -3.34. The average molecular weight is 1420 g/mol. The van der Waals surface area contributed by atoms with Gasteiger partial charge in [0.1, 0.15) is 17.3 Å². The summed E-state index contributed by atoms with van der Waals surface area (Å²) in [4.78, 5) is 4.92. The van der Waals surface area contributed by atoms with Crippen molar-refractivity contribution < 1.29 is 55.0 Å². The van der Waals surface area contributed by atoms with Crippen LogP contribution in [0.3, 0.4) is 0 Å². The van der Waals surface area contributed by atoms with Crippen LogP contribution in [0.1, 0.15) is 115 Å². The molecule has 0 saturated carbocycles. The van der Waals surface area contributed by atoms with E-state index in [4.69, 9.17) is 16.6 Å². The van der Waals surface area contributed by atoms with Gasteiger partial charge in [-0.3, -0.25) is 6.92 Å². The predicted molar refractivity (Wildman–Crippen MR) is 385 cm³/mol. The summed E-state index contributed by atoms with van der Waals surface area (Å²) in [6.07, 6.45) is 1.80. The van der Waals surface area contributed by atoms with E-state index in [0.29, 0.717) is 50.7 Å². The number of imidazole rings is 1. The Kier molecular flexibility index (Phi) is 10.9. The van der Waals surface area contributed by atoms with Gasteiger partial charge in [0.15, 0.2) is 19.1 Å². The molecule has 0 fully saturated rings. The van der Waals surface area contributed by atoms with Crippen molar-refractivity contribution in [2.75, 3.05) is 0 Å². The molecular formula is C86H74N4OPtSi-2. The van der Waals surface area contributed by atoms with Crippen LogP contribution in [0.5, 0.6) is 11.5 Å². The first kappa shape index (κ1) is 43.3. The first-order chi connectivity index (χ1) is 51.9. The second kappa shape index (κ2) is 23.5. The van der Waals surface area contributed by atoms with Gasteiger partial charge in [-0.2, -0.15) is 12.1 Å². The van der Waals surface area contributed by atoms with Crippen LogP contribution in [-0.2, 0) is 43.4 Å². The molecule has 4 heterocycles. The third-order valence-corrected chi connectivity index (χ3v) is 23.0. The van der Waals surface area contributed by atoms with Gasteiger partial charge in [-0.25, -0.2) is 14.1 Å². The van der Waals surface area contributed by atoms with Gasteiger partial charge in [-0.1, -0.05) is 262 Å². The zero-order chi connectivity index (χ0) is 78.3. The third kappa shape index (κ3) is 10.7. The number of pyridine rings is 1. The van der Waals surface area contributed by atoms with Crippen LogP contribution in [0.2, 0.25) is 0 Å². The molecule has 1 aliphatic rings. The molecule has 0 atom stereocenters. The zero-order valence-corrected chi connectivity index (χ0v) is 54.5. The summed E-state index contributed by atoms with van der Waals surface area (Å²) < 4.78 is 182. The van der Waals surface area contributed by atoms with Crippen molar-refractivity contribution in [2.24, 2.45) is 0 Å². The molecular weight excluding hydrogens is 1330 g/mol. The molecule has 0 aliphatic carbocycles. The van der Waals surface area contributed by atoms with E-state index >= 15 is 0 Å². The number of para-hydroxylation sites is 1. The molecule has 1 aliphatic heterocycles. The molecule has 5 nitrogen and oxygen atoms in total. The molecule has 0 radical (unpaired) electrons. The zero-order valence-electron chi connectivity index (χ0n) is 69.3. The summed E-state index contributed by atoms with van der Waals surface area (Å²) in [5.74, 6) is 1.03. The van der Waals surface area contributed by atoms with Crippen LogP contribution in [0, 0.1) is 19.1 Å². The molecule has 15 rings (SSSR count). The predicted octanol–water partition coefficient (Wildman–Crippen LogP) is 19.1. The summed E-state index contributed by atoms with van der Waals surface area (Å²) in [5.41, 5.74) is -3.39. The first-order valence-corrected chi connectivity index (χ1v) is 32.9. The van der Waals surface area contributed by atoms with Crippen LogP contribution in [0.25, 0.3) is 94.5 Å². The van der Waals surface area contributed by atoms with Gasteiger partial charge in [-0.15, -0.1) is 29.7 Å². The number of ether oxygens (including phenoxy) is 1. The van der Waals surface area contributed by atoms with Crippen molar-refractivity contribution in [2.45, 2.75) is 84.2 Å². The Morgan fingerprint density at radius 2 is 1.10 bits per heavy atom. The SMILES string of the molecule is [2H]C([2H])([2H])C(c1cc2c(c(C(C([2H])([2H])[2H])(C([2H])([2H])[2H])C([2H])([2H])[2H])c1)-[n+]1c([CH2-])n(-c3[c-]c(Oc4[c-]c5c(cc4)c4cc(-c6ccccc6)ccc4n5-c4cc(C(C)(C)C)ccn4)ccc3)c3cccc(c31)-c1ccccc1-c1ccc(C[Si](c3ccccc3)(c3ccccc3)c3ccccc3)cc1-2)(C([2H])([2H])[2H])C([2H])([2H])[2H].[Pt]. The van der Waals surface area contributed by atoms with E-state index in [0.717, 1.165) is 54.6 Å². The summed E-state index contributed by atoms with van der Waals surface area (Å²) >= 11 is 0. The number of rotatable bonds is 10. The maximum Gasteiger partial charge on any atom is 0.185 e. The van der Waals surface area contributed by atoms with Gasteiger partial charge < -0.3 is 9.30 Å². The van der Waals surface area contributed by atoms with E-state index in [2.05, 4.69) is 110 Å². The number of fused-ring (bicyclic) bond motifs is 10. The van der Waals surface area contributed by atoms with Crippen LogP contribution in [0.15, 0.2) is 261 Å². The van der Waals surface area contributed by atoms with Crippen LogP contribution in [0.4, 0.5) is 0 Å². The molecule has 0 spiro atoms. The summed E-state index contributed by atoms with van der Waals surface area (Å²) in [6.45, 7) is -13.4. The monoisotopic (exact) mass is 1420 g/mol. The standard InChI is InChI=1S/C86H74N4OSi.Pt/c1-57-88(63-29-25-30-64(54-63)91-65-43-45-72-75-50-60(59-27-15-11-16-28-59)42-46-78(75)90(80(72)55-65)81-53-61(47-48-87-81)84(2,3)4)79-40-26-39-73-70-38-24-23-37-69(70)71-44-41-58(49-74(71)76-51-62(85(5,6)7)52-77(86(8,9)10)82(76)89(57)83(73)79)56-92(66-31-17-12-18-32-66,67-33-19-13-20-34-67)68-35-21-14-22-36-68;/h11-53H,1,56H2,2-10H3;/q-2;/i5D3,6D3,7D3,8D3,9D3,10D3;. The van der Waals surface area contributed by atoms with Crippen molar-refractivity contribution >= 4 is 56.5 Å². The van der Waals surface area contributed by atoms with E-state index in [1.165, 1.54) is 4.57 Å². The third-order valence-electron chi connectivity index (χ3n) is 18.1. The maximum atomic E-state index is 9.60. The molecule has 460 valence electrons. The molecule has 0 unspecified atom stereocenters. The number of benzene rings is 11. The number of aromatic nitrogens is 4. The molecule has 0 saturated heterocycles. The van der Waals surface area contributed by atoms with E-state index in [-0.39, 0.29) is 72.2 Å². The summed E-state index contributed by atoms with van der Waals surface area (Å²) in [6, 6.07) is 86.7. The Balaban J connectivity index is 0.0000103. The molecule has 11 aromatic carbocycles. The first-order valence-electron chi connectivity index (χ1n) is 39.7. The molecule has 14 aromatic rings. The van der Waals surface area contributed by atoms with Gasteiger partial charge in [0.2, 0.25) is 0 Å². The van der Waals surface area contributed by atoms with Crippen LogP contribution >= 0.6 is 0 Å². The van der Waals surface area contributed by atoms with E-state index in [1.54, 1.807) is 59.3 Å². The Labute approximate surface area is 588 Å². The molecule has 7 heteroatoms.